The number of likely N-dealkylation sites (tertiary alicyclic amines) is 1. The number of anilines is 1. The number of hydrogen-bond donors (Lipinski definition) is 1. The first-order valence-electron chi connectivity index (χ1n) is 11.0. The standard InChI is InChI=1S/C25H26Cl2F2N2O3S/c1-25(2,3)9-6-17-13-20(22(35-17)24(33)34)31(16-7-10-30(11-8-16)14-21(28)29)23(32)18-5-4-15(26)12-19(18)27/h4-5,12-13,16,21H,7-8,10-11,14H2,1-3H3,(H,33,34). The van der Waals surface area contributed by atoms with Crippen molar-refractivity contribution in [3.63, 3.8) is 0 Å². The van der Waals surface area contributed by atoms with Crippen LogP contribution in [-0.2, 0) is 0 Å². The van der Waals surface area contributed by atoms with E-state index in [0.29, 0.717) is 35.8 Å². The number of halogens is 4. The van der Waals surface area contributed by atoms with E-state index in [1.165, 1.54) is 23.1 Å². The number of thiophene rings is 1. The fraction of sp³-hybridized carbons (Fsp3) is 0.440. The molecule has 3 rings (SSSR count). The number of carboxylic acid groups (broad SMARTS) is 1. The molecule has 1 amide bonds. The lowest BCUT2D eigenvalue weighted by Gasteiger charge is -2.38. The topological polar surface area (TPSA) is 60.9 Å². The first-order valence-corrected chi connectivity index (χ1v) is 12.6. The fourth-order valence-corrected chi connectivity index (χ4v) is 5.18. The number of carbonyl (C=O) groups is 2. The van der Waals surface area contributed by atoms with Crippen molar-refractivity contribution in [2.24, 2.45) is 5.41 Å². The van der Waals surface area contributed by atoms with Gasteiger partial charge in [-0.05, 0) is 57.9 Å². The molecule has 0 aliphatic carbocycles. The molecule has 1 aromatic heterocycles. The molecule has 1 aromatic carbocycles. The second-order valence-electron chi connectivity index (χ2n) is 9.35. The number of alkyl halides is 2. The van der Waals surface area contributed by atoms with Crippen LogP contribution in [-0.4, -0.2) is 54.0 Å². The number of benzene rings is 1. The first kappa shape index (κ1) is 27.4. The quantitative estimate of drug-likeness (QED) is 0.421. The van der Waals surface area contributed by atoms with Gasteiger partial charge in [0.05, 0.1) is 27.7 Å². The molecule has 35 heavy (non-hydrogen) atoms. The number of amides is 1. The van der Waals surface area contributed by atoms with E-state index in [4.69, 9.17) is 23.2 Å². The predicted molar refractivity (Wildman–Crippen MR) is 136 cm³/mol. The van der Waals surface area contributed by atoms with Crippen molar-refractivity contribution in [1.82, 2.24) is 4.90 Å². The second-order valence-corrected chi connectivity index (χ2v) is 11.2. The van der Waals surface area contributed by atoms with E-state index in [9.17, 15) is 23.5 Å². The van der Waals surface area contributed by atoms with E-state index < -0.39 is 24.3 Å². The molecule has 0 unspecified atom stereocenters. The second kappa shape index (κ2) is 11.3. The summed E-state index contributed by atoms with van der Waals surface area (Å²) in [5, 5.41) is 10.4. The average Bonchev–Trinajstić information content (AvgIpc) is 3.17. The highest BCUT2D eigenvalue weighted by Gasteiger charge is 2.34. The number of piperidine rings is 1. The van der Waals surface area contributed by atoms with Gasteiger partial charge in [0.2, 0.25) is 0 Å². The van der Waals surface area contributed by atoms with Crippen molar-refractivity contribution in [1.29, 1.82) is 0 Å². The minimum Gasteiger partial charge on any atom is -0.477 e. The Morgan fingerprint density at radius 3 is 2.43 bits per heavy atom. The van der Waals surface area contributed by atoms with Crippen LogP contribution in [0.4, 0.5) is 14.5 Å². The van der Waals surface area contributed by atoms with Gasteiger partial charge < -0.3 is 10.0 Å². The molecule has 10 heteroatoms. The fourth-order valence-electron chi connectivity index (χ4n) is 3.84. The highest BCUT2D eigenvalue weighted by atomic mass is 35.5. The van der Waals surface area contributed by atoms with Crippen molar-refractivity contribution in [3.8, 4) is 11.8 Å². The Bertz CT molecular complexity index is 1160. The lowest BCUT2D eigenvalue weighted by atomic mass is 9.98. The van der Waals surface area contributed by atoms with Gasteiger partial charge in [-0.25, -0.2) is 13.6 Å². The molecule has 2 heterocycles. The third kappa shape index (κ3) is 7.17. The highest BCUT2D eigenvalue weighted by molar-refractivity contribution is 7.15. The SMILES string of the molecule is CC(C)(C)C#Cc1cc(N(C(=O)c2ccc(Cl)cc2Cl)C2CCN(CC(F)F)CC2)c(C(=O)O)s1. The normalized spacial score (nSPS) is 15.1. The number of rotatable bonds is 6. The van der Waals surface area contributed by atoms with Crippen LogP contribution in [0.25, 0.3) is 0 Å². The summed E-state index contributed by atoms with van der Waals surface area (Å²) in [7, 11) is 0. The van der Waals surface area contributed by atoms with Crippen molar-refractivity contribution >= 4 is 52.1 Å². The predicted octanol–water partition coefficient (Wildman–Crippen LogP) is 6.53. The minimum absolute atomic E-state index is 0.0170. The third-order valence-electron chi connectivity index (χ3n) is 5.43. The Morgan fingerprint density at radius 1 is 1.23 bits per heavy atom. The Morgan fingerprint density at radius 2 is 1.89 bits per heavy atom. The van der Waals surface area contributed by atoms with Crippen molar-refractivity contribution in [3.05, 3.63) is 49.6 Å². The number of hydrogen-bond acceptors (Lipinski definition) is 4. The van der Waals surface area contributed by atoms with Crippen LogP contribution in [0, 0.1) is 17.3 Å². The molecule has 188 valence electrons. The van der Waals surface area contributed by atoms with Crippen molar-refractivity contribution in [2.75, 3.05) is 24.5 Å². The maximum absolute atomic E-state index is 13.8. The summed E-state index contributed by atoms with van der Waals surface area (Å²) >= 11 is 13.3. The summed E-state index contributed by atoms with van der Waals surface area (Å²) in [6.45, 7) is 6.20. The van der Waals surface area contributed by atoms with Crippen LogP contribution in [0.2, 0.25) is 10.0 Å². The zero-order valence-electron chi connectivity index (χ0n) is 19.6. The molecule has 5 nitrogen and oxygen atoms in total. The molecular weight excluding hydrogens is 517 g/mol. The van der Waals surface area contributed by atoms with E-state index in [-0.39, 0.29) is 33.1 Å². The molecule has 1 saturated heterocycles. The zero-order chi connectivity index (χ0) is 25.9. The Balaban J connectivity index is 2.06. The van der Waals surface area contributed by atoms with Crippen molar-refractivity contribution < 1.29 is 23.5 Å². The molecule has 1 aliphatic heterocycles. The maximum atomic E-state index is 13.8. The number of carbonyl (C=O) groups excluding carboxylic acids is 1. The Kier molecular flexibility index (Phi) is 8.81. The summed E-state index contributed by atoms with van der Waals surface area (Å²) in [4.78, 5) is 29.5. The first-order chi connectivity index (χ1) is 16.4. The van der Waals surface area contributed by atoms with Crippen LogP contribution in [0.3, 0.4) is 0 Å². The van der Waals surface area contributed by atoms with E-state index >= 15 is 0 Å². The number of nitrogens with zero attached hydrogens (tertiary/aromatic N) is 2. The van der Waals surface area contributed by atoms with Gasteiger partial charge in [0, 0.05) is 29.6 Å². The molecular formula is C25H26Cl2F2N2O3S. The van der Waals surface area contributed by atoms with Crippen LogP contribution in [0.1, 0.15) is 58.5 Å². The van der Waals surface area contributed by atoms with Gasteiger partial charge in [0.1, 0.15) is 4.88 Å². The summed E-state index contributed by atoms with van der Waals surface area (Å²) in [5.74, 6) is 4.45. The third-order valence-corrected chi connectivity index (χ3v) is 7.00. The molecule has 0 spiro atoms. The molecule has 0 saturated carbocycles. The molecule has 2 aromatic rings. The minimum atomic E-state index is -2.45. The van der Waals surface area contributed by atoms with Gasteiger partial charge in [-0.3, -0.25) is 9.69 Å². The largest absolute Gasteiger partial charge is 0.477 e. The van der Waals surface area contributed by atoms with E-state index in [1.807, 2.05) is 20.8 Å². The molecule has 1 N–H and O–H groups in total. The van der Waals surface area contributed by atoms with Gasteiger partial charge in [-0.2, -0.15) is 0 Å². The lowest BCUT2D eigenvalue weighted by Crippen LogP contribution is -2.48. The maximum Gasteiger partial charge on any atom is 0.348 e. The highest BCUT2D eigenvalue weighted by Crippen LogP contribution is 2.36. The molecule has 1 fully saturated rings. The smallest absolute Gasteiger partial charge is 0.348 e. The van der Waals surface area contributed by atoms with Gasteiger partial charge in [-0.15, -0.1) is 11.3 Å². The zero-order valence-corrected chi connectivity index (χ0v) is 21.9. The summed E-state index contributed by atoms with van der Waals surface area (Å²) in [5.41, 5.74) is 0.109. The van der Waals surface area contributed by atoms with Crippen LogP contribution in [0.5, 0.6) is 0 Å². The van der Waals surface area contributed by atoms with Gasteiger partial charge in [0.25, 0.3) is 12.3 Å². The lowest BCUT2D eigenvalue weighted by molar-refractivity contribution is 0.0697. The van der Waals surface area contributed by atoms with Gasteiger partial charge in [-0.1, -0.05) is 35.0 Å². The van der Waals surface area contributed by atoms with Gasteiger partial charge in [0.15, 0.2) is 0 Å². The van der Waals surface area contributed by atoms with Crippen LogP contribution >= 0.6 is 34.5 Å². The Hall–Kier alpha value is -2.18. The summed E-state index contributed by atoms with van der Waals surface area (Å²) in [6, 6.07) is 5.69. The molecule has 1 aliphatic rings. The Labute approximate surface area is 217 Å². The van der Waals surface area contributed by atoms with Crippen LogP contribution in [0.15, 0.2) is 24.3 Å². The summed E-state index contributed by atoms with van der Waals surface area (Å²) < 4.78 is 25.7. The molecule has 0 atom stereocenters. The van der Waals surface area contributed by atoms with Crippen LogP contribution < -0.4 is 4.90 Å². The summed E-state index contributed by atoms with van der Waals surface area (Å²) in [6.07, 6.45) is -1.64. The van der Waals surface area contributed by atoms with E-state index in [0.717, 1.165) is 11.3 Å². The average molecular weight is 543 g/mol. The van der Waals surface area contributed by atoms with E-state index in [1.54, 1.807) is 11.0 Å². The number of aromatic carboxylic acids is 1. The molecule has 0 bridgehead atoms. The van der Waals surface area contributed by atoms with Gasteiger partial charge >= 0.3 is 5.97 Å². The molecule has 0 radical (unpaired) electrons. The van der Waals surface area contributed by atoms with E-state index in [2.05, 4.69) is 11.8 Å². The number of carboxylic acids is 1. The van der Waals surface area contributed by atoms with Crippen molar-refractivity contribution in [2.45, 2.75) is 46.1 Å². The monoisotopic (exact) mass is 542 g/mol.